The standard InChI is InChI=1S/C18H19FOS/c1-18(2,3)14-7-9-16(10-8-14)21-12-17(20)13-5-4-6-15(19)11-13/h4-11H,12H2,1-3H3. The van der Waals surface area contributed by atoms with Gasteiger partial charge in [-0.15, -0.1) is 11.8 Å². The molecular formula is C18H19FOS. The van der Waals surface area contributed by atoms with Crippen LogP contribution in [0.25, 0.3) is 0 Å². The molecule has 110 valence electrons. The zero-order valence-corrected chi connectivity index (χ0v) is 13.3. The first-order valence-corrected chi connectivity index (χ1v) is 7.87. The van der Waals surface area contributed by atoms with Crippen molar-refractivity contribution in [1.82, 2.24) is 0 Å². The molecule has 21 heavy (non-hydrogen) atoms. The quantitative estimate of drug-likeness (QED) is 0.577. The van der Waals surface area contributed by atoms with E-state index in [-0.39, 0.29) is 17.0 Å². The Labute approximate surface area is 129 Å². The smallest absolute Gasteiger partial charge is 0.173 e. The molecular weight excluding hydrogens is 283 g/mol. The van der Waals surface area contributed by atoms with Gasteiger partial charge in [0.25, 0.3) is 0 Å². The van der Waals surface area contributed by atoms with Crippen molar-refractivity contribution >= 4 is 17.5 Å². The molecule has 0 atom stereocenters. The van der Waals surface area contributed by atoms with Crippen molar-refractivity contribution in [3.8, 4) is 0 Å². The topological polar surface area (TPSA) is 17.1 Å². The minimum atomic E-state index is -0.375. The van der Waals surface area contributed by atoms with Gasteiger partial charge in [0.15, 0.2) is 5.78 Å². The summed E-state index contributed by atoms with van der Waals surface area (Å²) in [5.41, 5.74) is 1.82. The highest BCUT2D eigenvalue weighted by Gasteiger charge is 2.13. The van der Waals surface area contributed by atoms with Gasteiger partial charge in [0.05, 0.1) is 5.75 Å². The lowest BCUT2D eigenvalue weighted by atomic mass is 9.87. The fourth-order valence-electron chi connectivity index (χ4n) is 1.95. The first-order chi connectivity index (χ1) is 9.86. The zero-order valence-electron chi connectivity index (χ0n) is 12.5. The number of halogens is 1. The van der Waals surface area contributed by atoms with E-state index in [9.17, 15) is 9.18 Å². The van der Waals surface area contributed by atoms with E-state index in [1.165, 1.54) is 29.5 Å². The van der Waals surface area contributed by atoms with Crippen molar-refractivity contribution in [3.05, 3.63) is 65.5 Å². The third-order valence-corrected chi connectivity index (χ3v) is 4.25. The summed E-state index contributed by atoms with van der Waals surface area (Å²) in [6.45, 7) is 6.51. The van der Waals surface area contributed by atoms with Crippen LogP contribution in [0.15, 0.2) is 53.4 Å². The van der Waals surface area contributed by atoms with Gasteiger partial charge in [-0.3, -0.25) is 4.79 Å². The molecule has 0 bridgehead atoms. The molecule has 0 heterocycles. The summed E-state index contributed by atoms with van der Waals surface area (Å²) in [5.74, 6) is -0.113. The van der Waals surface area contributed by atoms with Crippen LogP contribution < -0.4 is 0 Å². The third kappa shape index (κ3) is 4.43. The Morgan fingerprint density at radius 3 is 2.33 bits per heavy atom. The molecule has 0 N–H and O–H groups in total. The second kappa shape index (κ2) is 6.44. The van der Waals surface area contributed by atoms with Crippen molar-refractivity contribution in [2.75, 3.05) is 5.75 Å². The van der Waals surface area contributed by atoms with Gasteiger partial charge < -0.3 is 0 Å². The molecule has 0 fully saturated rings. The number of ketones is 1. The summed E-state index contributed by atoms with van der Waals surface area (Å²) >= 11 is 1.48. The zero-order chi connectivity index (χ0) is 15.5. The molecule has 3 heteroatoms. The van der Waals surface area contributed by atoms with Crippen molar-refractivity contribution in [2.45, 2.75) is 31.1 Å². The Kier molecular flexibility index (Phi) is 4.84. The van der Waals surface area contributed by atoms with Crippen LogP contribution >= 0.6 is 11.8 Å². The largest absolute Gasteiger partial charge is 0.293 e. The third-order valence-electron chi connectivity index (χ3n) is 3.24. The van der Waals surface area contributed by atoms with Crippen LogP contribution in [0.4, 0.5) is 4.39 Å². The molecule has 0 aliphatic carbocycles. The molecule has 0 amide bonds. The maximum atomic E-state index is 13.1. The van der Waals surface area contributed by atoms with E-state index in [0.717, 1.165) is 4.90 Å². The lowest BCUT2D eigenvalue weighted by Crippen LogP contribution is -2.10. The number of carbonyl (C=O) groups is 1. The SMILES string of the molecule is CC(C)(C)c1ccc(SCC(=O)c2cccc(F)c2)cc1. The maximum Gasteiger partial charge on any atom is 0.173 e. The summed E-state index contributed by atoms with van der Waals surface area (Å²) in [6.07, 6.45) is 0. The van der Waals surface area contributed by atoms with Crippen LogP contribution in [0, 0.1) is 5.82 Å². The van der Waals surface area contributed by atoms with Crippen LogP contribution in [-0.2, 0) is 5.41 Å². The van der Waals surface area contributed by atoms with Gasteiger partial charge in [0, 0.05) is 10.5 Å². The summed E-state index contributed by atoms with van der Waals surface area (Å²) in [7, 11) is 0. The predicted molar refractivity (Wildman–Crippen MR) is 86.6 cm³/mol. The van der Waals surface area contributed by atoms with Crippen LogP contribution in [-0.4, -0.2) is 11.5 Å². The summed E-state index contributed by atoms with van der Waals surface area (Å²) in [5, 5.41) is 0. The summed E-state index contributed by atoms with van der Waals surface area (Å²) in [6, 6.07) is 14.1. The lowest BCUT2D eigenvalue weighted by molar-refractivity contribution is 0.102. The molecule has 2 aromatic carbocycles. The number of hydrogen-bond acceptors (Lipinski definition) is 2. The molecule has 0 radical (unpaired) electrons. The second-order valence-electron chi connectivity index (χ2n) is 6.00. The molecule has 0 aromatic heterocycles. The van der Waals surface area contributed by atoms with Gasteiger partial charge >= 0.3 is 0 Å². The van der Waals surface area contributed by atoms with E-state index in [2.05, 4.69) is 32.9 Å². The number of hydrogen-bond donors (Lipinski definition) is 0. The van der Waals surface area contributed by atoms with Crippen molar-refractivity contribution in [1.29, 1.82) is 0 Å². The monoisotopic (exact) mass is 302 g/mol. The van der Waals surface area contributed by atoms with Gasteiger partial charge in [0.2, 0.25) is 0 Å². The Morgan fingerprint density at radius 1 is 1.10 bits per heavy atom. The Morgan fingerprint density at radius 2 is 1.76 bits per heavy atom. The molecule has 0 aliphatic heterocycles. The van der Waals surface area contributed by atoms with Crippen LogP contribution in [0.2, 0.25) is 0 Å². The molecule has 2 rings (SSSR count). The van der Waals surface area contributed by atoms with Crippen LogP contribution in [0.5, 0.6) is 0 Å². The highest BCUT2D eigenvalue weighted by atomic mass is 32.2. The molecule has 0 saturated carbocycles. The molecule has 1 nitrogen and oxygen atoms in total. The number of carbonyl (C=O) groups excluding carboxylic acids is 1. The van der Waals surface area contributed by atoms with Gasteiger partial charge in [-0.2, -0.15) is 0 Å². The first-order valence-electron chi connectivity index (χ1n) is 6.88. The predicted octanol–water partition coefficient (Wildman–Crippen LogP) is 5.10. The fourth-order valence-corrected chi connectivity index (χ4v) is 2.74. The Balaban J connectivity index is 1.98. The summed E-state index contributed by atoms with van der Waals surface area (Å²) < 4.78 is 13.1. The molecule has 0 unspecified atom stereocenters. The Hall–Kier alpha value is -1.61. The van der Waals surface area contributed by atoms with E-state index in [4.69, 9.17) is 0 Å². The Bertz CT molecular complexity index is 626. The molecule has 2 aromatic rings. The summed E-state index contributed by atoms with van der Waals surface area (Å²) in [4.78, 5) is 13.1. The van der Waals surface area contributed by atoms with Gasteiger partial charge in [0.1, 0.15) is 5.82 Å². The fraction of sp³-hybridized carbons (Fsp3) is 0.278. The van der Waals surface area contributed by atoms with E-state index >= 15 is 0 Å². The van der Waals surface area contributed by atoms with Crippen LogP contribution in [0.3, 0.4) is 0 Å². The van der Waals surface area contributed by atoms with E-state index in [1.807, 2.05) is 12.1 Å². The normalized spacial score (nSPS) is 11.4. The minimum absolute atomic E-state index is 0.0561. The maximum absolute atomic E-state index is 13.1. The second-order valence-corrected chi connectivity index (χ2v) is 7.05. The highest BCUT2D eigenvalue weighted by Crippen LogP contribution is 2.26. The average molecular weight is 302 g/mol. The van der Waals surface area contributed by atoms with E-state index in [0.29, 0.717) is 11.3 Å². The van der Waals surface area contributed by atoms with Crippen molar-refractivity contribution in [3.63, 3.8) is 0 Å². The number of thioether (sulfide) groups is 1. The van der Waals surface area contributed by atoms with Crippen LogP contribution in [0.1, 0.15) is 36.7 Å². The van der Waals surface area contributed by atoms with Crippen molar-refractivity contribution < 1.29 is 9.18 Å². The highest BCUT2D eigenvalue weighted by molar-refractivity contribution is 8.00. The number of Topliss-reactive ketones (excluding diaryl/α,β-unsaturated/α-hetero) is 1. The average Bonchev–Trinajstić information content (AvgIpc) is 2.44. The van der Waals surface area contributed by atoms with Gasteiger partial charge in [-0.05, 0) is 35.2 Å². The molecule has 0 saturated heterocycles. The first kappa shape index (κ1) is 15.8. The van der Waals surface area contributed by atoms with Crippen molar-refractivity contribution in [2.24, 2.45) is 0 Å². The number of benzene rings is 2. The molecule has 0 spiro atoms. The number of rotatable bonds is 4. The lowest BCUT2D eigenvalue weighted by Gasteiger charge is -2.19. The van der Waals surface area contributed by atoms with E-state index < -0.39 is 0 Å². The minimum Gasteiger partial charge on any atom is -0.293 e. The van der Waals surface area contributed by atoms with E-state index in [1.54, 1.807) is 12.1 Å². The molecule has 0 aliphatic rings. The van der Waals surface area contributed by atoms with Gasteiger partial charge in [-0.25, -0.2) is 4.39 Å². The van der Waals surface area contributed by atoms with Gasteiger partial charge in [-0.1, -0.05) is 45.0 Å².